The lowest BCUT2D eigenvalue weighted by Gasteiger charge is -2.29. The van der Waals surface area contributed by atoms with E-state index in [1.54, 1.807) is 0 Å². The van der Waals surface area contributed by atoms with E-state index in [1.165, 1.54) is 4.90 Å². The lowest BCUT2D eigenvalue weighted by molar-refractivity contribution is -0.149. The van der Waals surface area contributed by atoms with E-state index in [9.17, 15) is 24.3 Å². The Bertz CT molecular complexity index is 1490. The number of amides is 3. The highest BCUT2D eigenvalue weighted by Crippen LogP contribution is 2.21. The molecule has 1 fully saturated rings. The van der Waals surface area contributed by atoms with Gasteiger partial charge in [-0.1, -0.05) is 48.5 Å². The number of aromatic amines is 1. The molecule has 1 aromatic heterocycles. The number of hydrogen-bond donors (Lipinski definition) is 7. The van der Waals surface area contributed by atoms with Gasteiger partial charge in [0.05, 0.1) is 6.04 Å². The van der Waals surface area contributed by atoms with Crippen molar-refractivity contribution in [2.75, 3.05) is 13.1 Å². The standard InChI is InChI=1S/C31H40N8O5/c32-22(17-20-18-36-23-11-5-4-10-21(20)23)27(40)38-25(16-19-8-2-1-3-9-19)28(41)37-24(12-6-14-35-31(33)34)29(42)39-15-7-13-26(39)30(43)44/h1-5,8-11,18,22,24-26,36H,6-7,12-17,32H2,(H,37,41)(H,38,40)(H,43,44)(H4,33,34,35). The van der Waals surface area contributed by atoms with Crippen LogP contribution in [0.15, 0.2) is 65.8 Å². The Labute approximate surface area is 255 Å². The zero-order chi connectivity index (χ0) is 31.6. The average Bonchev–Trinajstić information content (AvgIpc) is 3.66. The first-order valence-electron chi connectivity index (χ1n) is 14.7. The summed E-state index contributed by atoms with van der Waals surface area (Å²) in [4.78, 5) is 60.8. The number of carbonyl (C=O) groups excluding carboxylic acids is 3. The molecule has 10 N–H and O–H groups in total. The number of rotatable bonds is 14. The molecule has 0 radical (unpaired) electrons. The zero-order valence-electron chi connectivity index (χ0n) is 24.4. The average molecular weight is 605 g/mol. The lowest BCUT2D eigenvalue weighted by atomic mass is 10.0. The van der Waals surface area contributed by atoms with Crippen LogP contribution >= 0.6 is 0 Å². The highest BCUT2D eigenvalue weighted by atomic mass is 16.4. The van der Waals surface area contributed by atoms with E-state index in [4.69, 9.17) is 17.2 Å². The summed E-state index contributed by atoms with van der Waals surface area (Å²) in [7, 11) is 0. The van der Waals surface area contributed by atoms with Gasteiger partial charge >= 0.3 is 5.97 Å². The maximum atomic E-state index is 13.8. The fourth-order valence-electron chi connectivity index (χ4n) is 5.49. The van der Waals surface area contributed by atoms with Crippen molar-refractivity contribution in [3.05, 3.63) is 71.9 Å². The van der Waals surface area contributed by atoms with E-state index in [0.29, 0.717) is 19.3 Å². The van der Waals surface area contributed by atoms with Crippen molar-refractivity contribution in [3.8, 4) is 0 Å². The fraction of sp³-hybridized carbons (Fsp3) is 0.387. The van der Waals surface area contributed by atoms with Crippen LogP contribution in [0.5, 0.6) is 0 Å². The Kier molecular flexibility index (Phi) is 10.9. The van der Waals surface area contributed by atoms with Crippen LogP contribution in [0.3, 0.4) is 0 Å². The van der Waals surface area contributed by atoms with Crippen LogP contribution in [0.4, 0.5) is 0 Å². The molecule has 1 aliphatic heterocycles. The highest BCUT2D eigenvalue weighted by Gasteiger charge is 2.38. The number of para-hydroxylation sites is 1. The molecule has 13 nitrogen and oxygen atoms in total. The van der Waals surface area contributed by atoms with Crippen LogP contribution in [-0.2, 0) is 32.0 Å². The fourth-order valence-corrected chi connectivity index (χ4v) is 5.49. The molecule has 2 heterocycles. The minimum absolute atomic E-state index is 0.1000. The minimum atomic E-state index is -1.10. The summed E-state index contributed by atoms with van der Waals surface area (Å²) >= 11 is 0. The van der Waals surface area contributed by atoms with E-state index >= 15 is 0 Å². The molecular weight excluding hydrogens is 564 g/mol. The van der Waals surface area contributed by atoms with Gasteiger partial charge in [-0.15, -0.1) is 0 Å². The van der Waals surface area contributed by atoms with Gasteiger partial charge in [-0.3, -0.25) is 19.4 Å². The van der Waals surface area contributed by atoms with Crippen LogP contribution in [0.2, 0.25) is 0 Å². The monoisotopic (exact) mass is 604 g/mol. The van der Waals surface area contributed by atoms with Crippen molar-refractivity contribution in [2.45, 2.75) is 62.7 Å². The molecule has 0 bridgehead atoms. The summed E-state index contributed by atoms with van der Waals surface area (Å²) in [5.41, 5.74) is 19.7. The number of hydrogen-bond acceptors (Lipinski definition) is 6. The lowest BCUT2D eigenvalue weighted by Crippen LogP contribution is -2.57. The number of nitrogens with one attached hydrogen (secondary N) is 3. The molecule has 1 aliphatic rings. The molecular formula is C31H40N8O5. The summed E-state index contributed by atoms with van der Waals surface area (Å²) in [5.74, 6) is -2.81. The second-order valence-electron chi connectivity index (χ2n) is 11.0. The SMILES string of the molecule is NC(N)=NCCCC(NC(=O)C(Cc1ccccc1)NC(=O)C(N)Cc1c[nH]c2ccccc12)C(=O)N1CCCC1C(=O)O. The van der Waals surface area contributed by atoms with Crippen molar-refractivity contribution < 1.29 is 24.3 Å². The number of carboxylic acid groups (broad SMARTS) is 1. The molecule has 4 rings (SSSR count). The number of nitrogens with zero attached hydrogens (tertiary/aromatic N) is 2. The molecule has 13 heteroatoms. The highest BCUT2D eigenvalue weighted by molar-refractivity contribution is 5.94. The van der Waals surface area contributed by atoms with Gasteiger partial charge in [-0.25, -0.2) is 4.79 Å². The number of nitrogens with two attached hydrogens (primary N) is 3. The Morgan fingerprint density at radius 3 is 2.41 bits per heavy atom. The number of likely N-dealkylation sites (tertiary alicyclic amines) is 1. The molecule has 234 valence electrons. The third-order valence-electron chi connectivity index (χ3n) is 7.75. The van der Waals surface area contributed by atoms with Gasteiger partial charge in [0.2, 0.25) is 17.7 Å². The molecule has 4 unspecified atom stereocenters. The molecule has 3 amide bonds. The first-order chi connectivity index (χ1) is 21.1. The van der Waals surface area contributed by atoms with Crippen LogP contribution in [0.25, 0.3) is 10.9 Å². The van der Waals surface area contributed by atoms with Crippen LogP contribution in [0, 0.1) is 0 Å². The summed E-state index contributed by atoms with van der Waals surface area (Å²) < 4.78 is 0. The molecule has 1 saturated heterocycles. The topological polar surface area (TPSA) is 222 Å². The van der Waals surface area contributed by atoms with Crippen molar-refractivity contribution in [1.29, 1.82) is 0 Å². The normalized spacial score (nSPS) is 16.6. The number of carboxylic acids is 1. The quantitative estimate of drug-likeness (QED) is 0.0772. The van der Waals surface area contributed by atoms with E-state index in [0.717, 1.165) is 22.0 Å². The number of aromatic nitrogens is 1. The van der Waals surface area contributed by atoms with E-state index in [1.807, 2.05) is 60.8 Å². The summed E-state index contributed by atoms with van der Waals surface area (Å²) in [6, 6.07) is 12.8. The van der Waals surface area contributed by atoms with Gasteiger partial charge in [0.25, 0.3) is 0 Å². The van der Waals surface area contributed by atoms with Crippen molar-refractivity contribution in [3.63, 3.8) is 0 Å². The van der Waals surface area contributed by atoms with Crippen molar-refractivity contribution >= 4 is 40.6 Å². The molecule has 0 saturated carbocycles. The van der Waals surface area contributed by atoms with Crippen LogP contribution in [-0.4, -0.2) is 81.9 Å². The molecule has 2 aromatic carbocycles. The third-order valence-corrected chi connectivity index (χ3v) is 7.75. The van der Waals surface area contributed by atoms with Crippen molar-refractivity contribution in [2.24, 2.45) is 22.2 Å². The van der Waals surface area contributed by atoms with E-state index in [-0.39, 0.29) is 38.3 Å². The van der Waals surface area contributed by atoms with Gasteiger partial charge < -0.3 is 42.8 Å². The predicted octanol–water partition coefficient (Wildman–Crippen LogP) is 0.379. The first kappa shape index (κ1) is 32.0. The van der Waals surface area contributed by atoms with Crippen LogP contribution in [0.1, 0.15) is 36.8 Å². The Morgan fingerprint density at radius 2 is 1.68 bits per heavy atom. The second-order valence-corrected chi connectivity index (χ2v) is 11.0. The maximum Gasteiger partial charge on any atom is 0.326 e. The number of guanidine groups is 1. The predicted molar refractivity (Wildman–Crippen MR) is 166 cm³/mol. The zero-order valence-corrected chi connectivity index (χ0v) is 24.4. The smallest absolute Gasteiger partial charge is 0.326 e. The van der Waals surface area contributed by atoms with Gasteiger partial charge in [-0.2, -0.15) is 0 Å². The second kappa shape index (κ2) is 15.0. The molecule has 0 spiro atoms. The van der Waals surface area contributed by atoms with E-state index in [2.05, 4.69) is 20.6 Å². The van der Waals surface area contributed by atoms with Crippen molar-refractivity contribution in [1.82, 2.24) is 20.5 Å². The number of aliphatic imine (C=N–C) groups is 1. The molecule has 44 heavy (non-hydrogen) atoms. The molecule has 0 aliphatic carbocycles. The van der Waals surface area contributed by atoms with Gasteiger partial charge in [0, 0.05) is 36.6 Å². The van der Waals surface area contributed by atoms with Gasteiger partial charge in [0.1, 0.15) is 18.1 Å². The van der Waals surface area contributed by atoms with Crippen LogP contribution < -0.4 is 27.8 Å². The van der Waals surface area contributed by atoms with E-state index < -0.39 is 47.9 Å². The number of fused-ring (bicyclic) bond motifs is 1. The first-order valence-corrected chi connectivity index (χ1v) is 14.7. The number of carbonyl (C=O) groups is 4. The Morgan fingerprint density at radius 1 is 0.977 bits per heavy atom. The Hall–Kier alpha value is -4.91. The Balaban J connectivity index is 1.51. The number of benzene rings is 2. The summed E-state index contributed by atoms with van der Waals surface area (Å²) in [6.07, 6.45) is 3.59. The summed E-state index contributed by atoms with van der Waals surface area (Å²) in [6.45, 7) is 0.486. The molecule has 4 atom stereocenters. The number of H-pyrrole nitrogens is 1. The van der Waals surface area contributed by atoms with Gasteiger partial charge in [0.15, 0.2) is 5.96 Å². The summed E-state index contributed by atoms with van der Waals surface area (Å²) in [5, 5.41) is 16.2. The third kappa shape index (κ3) is 8.34. The minimum Gasteiger partial charge on any atom is -0.480 e. The maximum absolute atomic E-state index is 13.8. The molecule has 3 aromatic rings. The van der Waals surface area contributed by atoms with Gasteiger partial charge in [-0.05, 0) is 49.3 Å². The largest absolute Gasteiger partial charge is 0.480 e. The number of aliphatic carboxylic acids is 1.